The third kappa shape index (κ3) is 5.74. The molecule has 0 bridgehead atoms. The van der Waals surface area contributed by atoms with Gasteiger partial charge in [0.25, 0.3) is 5.91 Å². The predicted octanol–water partition coefficient (Wildman–Crippen LogP) is 2.73. The van der Waals surface area contributed by atoms with Crippen molar-refractivity contribution >= 4 is 11.8 Å². The van der Waals surface area contributed by atoms with Crippen LogP contribution in [0.15, 0.2) is 54.6 Å². The number of ether oxygens (including phenoxy) is 2. The minimum absolute atomic E-state index is 0.00963. The Morgan fingerprint density at radius 1 is 0.821 bits per heavy atom. The molecule has 0 radical (unpaired) electrons. The summed E-state index contributed by atoms with van der Waals surface area (Å²) in [6.45, 7) is 4.54. The highest BCUT2D eigenvalue weighted by atomic mass is 16.5. The summed E-state index contributed by atoms with van der Waals surface area (Å²) in [5, 5.41) is 0. The van der Waals surface area contributed by atoms with Crippen LogP contribution in [0.5, 0.6) is 11.5 Å². The summed E-state index contributed by atoms with van der Waals surface area (Å²) in [6, 6.07) is 17.2. The van der Waals surface area contributed by atoms with Crippen molar-refractivity contribution in [3.63, 3.8) is 0 Å². The van der Waals surface area contributed by atoms with Crippen LogP contribution in [-0.4, -0.2) is 54.4 Å². The van der Waals surface area contributed by atoms with Crippen molar-refractivity contribution in [3.8, 4) is 11.5 Å². The zero-order valence-electron chi connectivity index (χ0n) is 16.2. The van der Waals surface area contributed by atoms with Gasteiger partial charge in [-0.25, -0.2) is 0 Å². The minimum atomic E-state index is -0.0604. The maximum Gasteiger partial charge on any atom is 0.260 e. The van der Waals surface area contributed by atoms with Crippen LogP contribution >= 0.6 is 0 Å². The van der Waals surface area contributed by atoms with Gasteiger partial charge in [0, 0.05) is 33.1 Å². The first-order chi connectivity index (χ1) is 13.6. The largest absolute Gasteiger partial charge is 0.489 e. The summed E-state index contributed by atoms with van der Waals surface area (Å²) in [4.78, 5) is 27.4. The quantitative estimate of drug-likeness (QED) is 0.771. The van der Waals surface area contributed by atoms with E-state index in [2.05, 4.69) is 0 Å². The van der Waals surface area contributed by atoms with Crippen molar-refractivity contribution < 1.29 is 19.1 Å². The highest BCUT2D eigenvalue weighted by Crippen LogP contribution is 2.19. The van der Waals surface area contributed by atoms with Crippen molar-refractivity contribution in [2.75, 3.05) is 32.8 Å². The predicted molar refractivity (Wildman–Crippen MR) is 106 cm³/mol. The van der Waals surface area contributed by atoms with Gasteiger partial charge in [-0.15, -0.1) is 0 Å². The SMILES string of the molecule is CC(=O)N1CCCN(C(=O)COc2ccc(OCc3ccccc3)cc2)CC1. The molecular formula is C22H26N2O4. The van der Waals surface area contributed by atoms with E-state index < -0.39 is 0 Å². The van der Waals surface area contributed by atoms with Gasteiger partial charge in [-0.1, -0.05) is 30.3 Å². The van der Waals surface area contributed by atoms with E-state index in [9.17, 15) is 9.59 Å². The van der Waals surface area contributed by atoms with Gasteiger partial charge in [-0.05, 0) is 36.2 Å². The van der Waals surface area contributed by atoms with E-state index in [0.29, 0.717) is 38.5 Å². The third-order valence-electron chi connectivity index (χ3n) is 4.73. The smallest absolute Gasteiger partial charge is 0.260 e. The van der Waals surface area contributed by atoms with E-state index in [-0.39, 0.29) is 18.4 Å². The molecule has 1 heterocycles. The lowest BCUT2D eigenvalue weighted by Crippen LogP contribution is -2.38. The molecule has 1 aliphatic rings. The molecule has 2 aromatic rings. The summed E-state index contributed by atoms with van der Waals surface area (Å²) >= 11 is 0. The second-order valence-corrected chi connectivity index (χ2v) is 6.77. The summed E-state index contributed by atoms with van der Waals surface area (Å²) in [5.41, 5.74) is 1.11. The Morgan fingerprint density at radius 3 is 2.11 bits per heavy atom. The topological polar surface area (TPSA) is 59.1 Å². The van der Waals surface area contributed by atoms with Crippen molar-refractivity contribution in [2.45, 2.75) is 20.0 Å². The van der Waals surface area contributed by atoms with Crippen LogP contribution in [0, 0.1) is 0 Å². The molecule has 1 saturated heterocycles. The Morgan fingerprint density at radius 2 is 1.43 bits per heavy atom. The molecule has 148 valence electrons. The van der Waals surface area contributed by atoms with Crippen molar-refractivity contribution in [1.82, 2.24) is 9.80 Å². The summed E-state index contributed by atoms with van der Waals surface area (Å²) in [7, 11) is 0. The number of benzene rings is 2. The number of rotatable bonds is 6. The molecule has 0 saturated carbocycles. The maximum atomic E-state index is 12.4. The van der Waals surface area contributed by atoms with Gasteiger partial charge in [0.1, 0.15) is 18.1 Å². The van der Waals surface area contributed by atoms with Crippen molar-refractivity contribution in [2.24, 2.45) is 0 Å². The molecule has 0 unspecified atom stereocenters. The highest BCUT2D eigenvalue weighted by molar-refractivity contribution is 5.78. The van der Waals surface area contributed by atoms with Crippen LogP contribution < -0.4 is 9.47 Å². The Balaban J connectivity index is 1.44. The Labute approximate surface area is 165 Å². The second kappa shape index (κ2) is 9.78. The number of hydrogen-bond acceptors (Lipinski definition) is 4. The normalized spacial score (nSPS) is 14.3. The maximum absolute atomic E-state index is 12.4. The molecular weight excluding hydrogens is 356 g/mol. The van der Waals surface area contributed by atoms with E-state index >= 15 is 0 Å². The van der Waals surface area contributed by atoms with Gasteiger partial charge in [0.05, 0.1) is 0 Å². The van der Waals surface area contributed by atoms with Crippen LogP contribution in [-0.2, 0) is 16.2 Å². The summed E-state index contributed by atoms with van der Waals surface area (Å²) in [5.74, 6) is 1.37. The second-order valence-electron chi connectivity index (χ2n) is 6.77. The lowest BCUT2D eigenvalue weighted by Gasteiger charge is -2.21. The first kappa shape index (κ1) is 19.7. The van der Waals surface area contributed by atoms with Gasteiger partial charge in [-0.2, -0.15) is 0 Å². The Bertz CT molecular complexity index is 777. The van der Waals surface area contributed by atoms with Gasteiger partial charge in [0.2, 0.25) is 5.91 Å². The van der Waals surface area contributed by atoms with Crippen molar-refractivity contribution in [1.29, 1.82) is 0 Å². The van der Waals surface area contributed by atoms with Gasteiger partial charge >= 0.3 is 0 Å². The van der Waals surface area contributed by atoms with Crippen molar-refractivity contribution in [3.05, 3.63) is 60.2 Å². The molecule has 0 aromatic heterocycles. The van der Waals surface area contributed by atoms with Crippen LogP contribution in [0.1, 0.15) is 18.9 Å². The summed E-state index contributed by atoms with van der Waals surface area (Å²) < 4.78 is 11.4. The zero-order valence-corrected chi connectivity index (χ0v) is 16.2. The van der Waals surface area contributed by atoms with Crippen LogP contribution in [0.3, 0.4) is 0 Å². The Kier molecular flexibility index (Phi) is 6.89. The molecule has 0 N–H and O–H groups in total. The van der Waals surface area contributed by atoms with Crippen LogP contribution in [0.2, 0.25) is 0 Å². The first-order valence-electron chi connectivity index (χ1n) is 9.55. The average molecular weight is 382 g/mol. The fourth-order valence-corrected chi connectivity index (χ4v) is 3.09. The fourth-order valence-electron chi connectivity index (χ4n) is 3.09. The number of nitrogens with zero attached hydrogens (tertiary/aromatic N) is 2. The average Bonchev–Trinajstić information content (AvgIpc) is 2.98. The van der Waals surface area contributed by atoms with Gasteiger partial charge in [-0.3, -0.25) is 9.59 Å². The van der Waals surface area contributed by atoms with E-state index in [1.54, 1.807) is 28.9 Å². The third-order valence-corrected chi connectivity index (χ3v) is 4.73. The van der Waals surface area contributed by atoms with E-state index in [4.69, 9.17) is 9.47 Å². The minimum Gasteiger partial charge on any atom is -0.489 e. The van der Waals surface area contributed by atoms with Crippen LogP contribution in [0.25, 0.3) is 0 Å². The fraction of sp³-hybridized carbons (Fsp3) is 0.364. The molecule has 1 aliphatic heterocycles. The van der Waals surface area contributed by atoms with E-state index in [0.717, 1.165) is 17.7 Å². The first-order valence-corrected chi connectivity index (χ1v) is 9.55. The molecule has 3 rings (SSSR count). The highest BCUT2D eigenvalue weighted by Gasteiger charge is 2.20. The van der Waals surface area contributed by atoms with Crippen LogP contribution in [0.4, 0.5) is 0 Å². The standard InChI is InChI=1S/C22H26N2O4/c1-18(25)23-12-5-13-24(15-14-23)22(26)17-28-21-10-8-20(9-11-21)27-16-19-6-3-2-4-7-19/h2-4,6-11H,5,12-17H2,1H3. The van der Waals surface area contributed by atoms with E-state index in [1.165, 1.54) is 0 Å². The lowest BCUT2D eigenvalue weighted by atomic mass is 10.2. The molecule has 0 aliphatic carbocycles. The zero-order chi connectivity index (χ0) is 19.8. The number of amides is 2. The molecule has 1 fully saturated rings. The Hall–Kier alpha value is -3.02. The lowest BCUT2D eigenvalue weighted by molar-refractivity contribution is -0.134. The molecule has 2 amide bonds. The monoisotopic (exact) mass is 382 g/mol. The number of carbonyl (C=O) groups excluding carboxylic acids is 2. The molecule has 0 spiro atoms. The summed E-state index contributed by atoms with van der Waals surface area (Å²) in [6.07, 6.45) is 0.790. The molecule has 28 heavy (non-hydrogen) atoms. The van der Waals surface area contributed by atoms with Gasteiger partial charge < -0.3 is 19.3 Å². The molecule has 6 heteroatoms. The molecule has 6 nitrogen and oxygen atoms in total. The van der Waals surface area contributed by atoms with Gasteiger partial charge in [0.15, 0.2) is 6.61 Å². The number of carbonyl (C=O) groups is 2. The number of hydrogen-bond donors (Lipinski definition) is 0. The molecule has 2 aromatic carbocycles. The van der Waals surface area contributed by atoms with E-state index in [1.807, 2.05) is 42.5 Å². The molecule has 0 atom stereocenters.